The van der Waals surface area contributed by atoms with Crippen molar-refractivity contribution in [1.82, 2.24) is 26.6 Å². The lowest BCUT2D eigenvalue weighted by molar-refractivity contribution is -0.138. The number of aldehydes is 1. The van der Waals surface area contributed by atoms with E-state index in [9.17, 15) is 28.8 Å². The number of nitrogens with two attached hydrogens (primary N) is 1. The molecule has 35 heavy (non-hydrogen) atoms. The Morgan fingerprint density at radius 3 is 1.89 bits per heavy atom. The summed E-state index contributed by atoms with van der Waals surface area (Å²) in [7, 11) is 12.9. The van der Waals surface area contributed by atoms with E-state index < -0.39 is 35.2 Å². The Balaban J connectivity index is -0.000000209. The Morgan fingerprint density at radius 2 is 1.60 bits per heavy atom. The number of carbonyl (C=O) groups excluding carboxylic acids is 5. The monoisotopic (exact) mass is 518 g/mol. The summed E-state index contributed by atoms with van der Waals surface area (Å²) in [5.41, 5.74) is 4.86. The number of hydrogen-bond acceptors (Lipinski definition) is 10. The maximum absolute atomic E-state index is 11.2. The Bertz CT molecular complexity index is 646. The van der Waals surface area contributed by atoms with E-state index in [2.05, 4.69) is 39.2 Å². The molecule has 198 valence electrons. The highest BCUT2D eigenvalue weighted by atomic mass is 32.1. The molecule has 0 aromatic rings. The Morgan fingerprint density at radius 1 is 1.09 bits per heavy atom. The number of carboxylic acids is 1. The van der Waals surface area contributed by atoms with Gasteiger partial charge in [-0.05, 0) is 34.2 Å². The standard InChI is InChI=1S/C8H13N3O4.C6H14N2O2.C3H5B2NO2.CH4S/c1-5(10-4-13)8(15)11-6(3-12)2-7(9)14;1-5(4-9)8-6(10)3-7-2;1-6-3(4,5)2(7)8;1-2/h3-6H,2H2,1H3,(H2,9,14)(H,10,13)(H,11,15);5,7,9H,3-4H2,1-2H3,(H,8,10);6H,1H3,(H,7,8);2H,1H3/t5-,6-;5-;;/m01../s1. The number of primary amides is 1. The molecule has 9 N–H and O–H groups in total. The number of nitrogens with one attached hydrogen (secondary N) is 5. The highest BCUT2D eigenvalue weighted by Crippen LogP contribution is 1.89. The van der Waals surface area contributed by atoms with Crippen molar-refractivity contribution in [3.05, 3.63) is 0 Å². The van der Waals surface area contributed by atoms with Gasteiger partial charge in [-0.2, -0.15) is 12.6 Å². The minimum atomic E-state index is -1.79. The normalized spacial score (nSPS) is 12.1. The third-order valence-corrected chi connectivity index (χ3v) is 3.41. The van der Waals surface area contributed by atoms with Crippen LogP contribution in [0.2, 0.25) is 0 Å². The van der Waals surface area contributed by atoms with Crippen LogP contribution in [0.15, 0.2) is 0 Å². The van der Waals surface area contributed by atoms with Crippen LogP contribution in [0.4, 0.5) is 0 Å². The molecule has 0 aromatic heterocycles. The van der Waals surface area contributed by atoms with Gasteiger partial charge in [0.15, 0.2) is 0 Å². The molecule has 0 heterocycles. The molecule has 17 heteroatoms. The number of hydrogen-bond donors (Lipinski definition) is 9. The molecule has 14 nitrogen and oxygen atoms in total. The molecule has 4 radical (unpaired) electrons. The van der Waals surface area contributed by atoms with Crippen LogP contribution in [0.25, 0.3) is 0 Å². The summed E-state index contributed by atoms with van der Waals surface area (Å²) in [6, 6.07) is -1.87. The maximum atomic E-state index is 11.2. The number of aliphatic hydroxyl groups is 1. The summed E-state index contributed by atoms with van der Waals surface area (Å²) in [4.78, 5) is 62.9. The molecule has 0 aliphatic carbocycles. The second-order valence-corrected chi connectivity index (χ2v) is 6.53. The summed E-state index contributed by atoms with van der Waals surface area (Å²) in [6.07, 6.45) is 2.22. The summed E-state index contributed by atoms with van der Waals surface area (Å²) in [5, 5.41) is 26.8. The van der Waals surface area contributed by atoms with Gasteiger partial charge in [-0.1, -0.05) is 0 Å². The first-order valence-electron chi connectivity index (χ1n) is 9.95. The van der Waals surface area contributed by atoms with E-state index >= 15 is 0 Å². The van der Waals surface area contributed by atoms with Crippen LogP contribution in [0, 0.1) is 0 Å². The fraction of sp³-hybridized carbons (Fsp3) is 0.667. The largest absolute Gasteiger partial charge is 0.481 e. The number of amides is 4. The highest BCUT2D eigenvalue weighted by Gasteiger charge is 2.22. The van der Waals surface area contributed by atoms with Crippen LogP contribution >= 0.6 is 12.6 Å². The van der Waals surface area contributed by atoms with E-state index in [1.807, 2.05) is 0 Å². The zero-order valence-corrected chi connectivity index (χ0v) is 21.4. The number of likely N-dealkylation sites (N-methyl/N-ethyl adjacent to an activating group) is 2. The van der Waals surface area contributed by atoms with Crippen LogP contribution in [-0.2, 0) is 28.8 Å². The molecule has 0 aliphatic heterocycles. The van der Waals surface area contributed by atoms with Gasteiger partial charge in [-0.25, -0.2) is 0 Å². The van der Waals surface area contributed by atoms with Crippen molar-refractivity contribution < 1.29 is 39.0 Å². The first kappa shape index (κ1) is 39.6. The van der Waals surface area contributed by atoms with E-state index in [0.717, 1.165) is 0 Å². The molecule has 0 fully saturated rings. The lowest BCUT2D eigenvalue weighted by Crippen LogP contribution is -2.51. The molecule has 0 unspecified atom stereocenters. The number of carbonyl (C=O) groups is 6. The Hall–Kier alpha value is -2.62. The minimum absolute atomic E-state index is 0.0184. The fourth-order valence-corrected chi connectivity index (χ4v) is 1.47. The molecular weight excluding hydrogens is 482 g/mol. The Kier molecular flexibility index (Phi) is 27.7. The first-order valence-corrected chi connectivity index (χ1v) is 10.8. The molecule has 4 amide bonds. The average molecular weight is 518 g/mol. The fourth-order valence-electron chi connectivity index (χ4n) is 1.47. The summed E-state index contributed by atoms with van der Waals surface area (Å²) in [5.74, 6) is -2.62. The van der Waals surface area contributed by atoms with Crippen molar-refractivity contribution in [2.45, 2.75) is 43.7 Å². The number of aliphatic hydroxyl groups excluding tert-OH is 1. The smallest absolute Gasteiger partial charge is 0.305 e. The minimum Gasteiger partial charge on any atom is -0.481 e. The van der Waals surface area contributed by atoms with Crippen molar-refractivity contribution in [1.29, 1.82) is 0 Å². The van der Waals surface area contributed by atoms with Crippen molar-refractivity contribution in [2.24, 2.45) is 5.73 Å². The average Bonchev–Trinajstić information content (AvgIpc) is 2.80. The van der Waals surface area contributed by atoms with Crippen molar-refractivity contribution in [3.63, 3.8) is 0 Å². The quantitative estimate of drug-likeness (QED) is 0.0642. The summed E-state index contributed by atoms with van der Waals surface area (Å²) < 4.78 is 0. The van der Waals surface area contributed by atoms with Gasteiger partial charge in [-0.15, -0.1) is 0 Å². The second kappa shape index (κ2) is 24.5. The highest BCUT2D eigenvalue weighted by molar-refractivity contribution is 7.79. The van der Waals surface area contributed by atoms with E-state index in [0.29, 0.717) is 19.2 Å². The number of rotatable bonds is 13. The number of carboxylic acid groups (broad SMARTS) is 1. The molecule has 0 aliphatic rings. The molecule has 3 atom stereocenters. The van der Waals surface area contributed by atoms with Crippen LogP contribution in [0.1, 0.15) is 20.3 Å². The third-order valence-electron chi connectivity index (χ3n) is 3.41. The summed E-state index contributed by atoms with van der Waals surface area (Å²) >= 11 is 3.53. The molecule has 0 saturated carbocycles. The van der Waals surface area contributed by atoms with Crippen molar-refractivity contribution in [2.75, 3.05) is 33.5 Å². The molecule has 0 spiro atoms. The molecule has 0 bridgehead atoms. The lowest BCUT2D eigenvalue weighted by Gasteiger charge is -2.17. The van der Waals surface area contributed by atoms with Gasteiger partial charge in [0, 0.05) is 11.4 Å². The van der Waals surface area contributed by atoms with Gasteiger partial charge in [0.2, 0.25) is 24.1 Å². The predicted molar refractivity (Wildman–Crippen MR) is 135 cm³/mol. The molecule has 0 aromatic carbocycles. The first-order chi connectivity index (χ1) is 16.2. The SMILES string of the molecule is CNCC(=O)N[C@H](C)CO.CS.C[C@H](NC=O)C(=O)N[C@H](C=O)CC(N)=O.[B]C([B])(NC)C(=O)O. The lowest BCUT2D eigenvalue weighted by atomic mass is 9.62. The number of aliphatic carboxylic acids is 1. The Labute approximate surface area is 213 Å². The van der Waals surface area contributed by atoms with Crippen molar-refractivity contribution >= 4 is 64.7 Å². The maximum Gasteiger partial charge on any atom is 0.305 e. The summed E-state index contributed by atoms with van der Waals surface area (Å²) in [6.45, 7) is 3.46. The van der Waals surface area contributed by atoms with Gasteiger partial charge in [0.25, 0.3) is 0 Å². The molecule has 0 rings (SSSR count). The molecule has 0 saturated heterocycles. The van der Waals surface area contributed by atoms with E-state index in [4.69, 9.17) is 31.6 Å². The van der Waals surface area contributed by atoms with E-state index in [-0.39, 0.29) is 25.0 Å². The van der Waals surface area contributed by atoms with Gasteiger partial charge in [-0.3, -0.25) is 24.0 Å². The van der Waals surface area contributed by atoms with Crippen LogP contribution in [-0.4, -0.2) is 119 Å². The number of thiol groups is 1. The van der Waals surface area contributed by atoms with Gasteiger partial charge in [0.1, 0.15) is 12.3 Å². The van der Waals surface area contributed by atoms with Gasteiger partial charge in [0.05, 0.1) is 41.3 Å². The van der Waals surface area contributed by atoms with Crippen LogP contribution < -0.4 is 32.3 Å². The van der Waals surface area contributed by atoms with Gasteiger partial charge >= 0.3 is 5.97 Å². The van der Waals surface area contributed by atoms with Crippen LogP contribution in [0.5, 0.6) is 0 Å². The second-order valence-electron chi connectivity index (χ2n) is 6.53. The molecular formula is C18H36B2N6O8S. The van der Waals surface area contributed by atoms with Gasteiger partial charge < -0.3 is 47.3 Å². The topological polar surface area (TPSA) is 229 Å². The zero-order chi connectivity index (χ0) is 28.6. The third kappa shape index (κ3) is 25.8. The van der Waals surface area contributed by atoms with E-state index in [1.165, 1.54) is 14.0 Å². The van der Waals surface area contributed by atoms with E-state index in [1.54, 1.807) is 20.2 Å². The predicted octanol–water partition coefficient (Wildman–Crippen LogP) is -4.79. The van der Waals surface area contributed by atoms with Crippen molar-refractivity contribution in [3.8, 4) is 0 Å². The zero-order valence-electron chi connectivity index (χ0n) is 20.5. The van der Waals surface area contributed by atoms with Crippen LogP contribution in [0.3, 0.4) is 0 Å².